The minimum Gasteiger partial charge on any atom is -0.256 e. The molecule has 0 aliphatic carbocycles. The summed E-state index contributed by atoms with van der Waals surface area (Å²) in [6.07, 6.45) is 5.82. The summed E-state index contributed by atoms with van der Waals surface area (Å²) < 4.78 is 0. The normalized spacial score (nSPS) is 11.6. The molecule has 0 amide bonds. The maximum atomic E-state index is 5.20. The predicted octanol–water partition coefficient (Wildman–Crippen LogP) is 33.3. The summed E-state index contributed by atoms with van der Waals surface area (Å²) in [6, 6.07) is 155. The van der Waals surface area contributed by atoms with Crippen molar-refractivity contribution in [1.29, 1.82) is 0 Å². The molecule has 690 valence electrons. The standard InChI is InChI=1S/C132H102N12/c1-130(2,3)103-70-73-133-118(82-103)97-64-67-112(115(79-97)85-52-58-94(59-53-85)127-139-121(88-34-16-10-17-35-88)136-122(140-127)89-36-18-11-19-37-89)109-49-31-28-46-106(109)100-76-101(107-47-29-32-50-110(107)113-68-65-98(119-83-104(71-74-134-119)131(4,5)6)80-116(113)86-54-60-95(61-55-86)128-141-123(90-38-20-12-21-39-90)137-124(142-128)91-40-22-13-23-41-91)78-102(77-100)108-48-30-33-51-111(108)114-69-66-99(120-84-105(72-75-135-120)132(7,8)9)81-117(114)87-56-62-96(63-57-87)129-143-125(92-42-24-14-25-43-92)138-126(144-129)93-44-26-15-27-45-93/h10-84H,1-9H3. The molecule has 0 unspecified atom stereocenters. The van der Waals surface area contributed by atoms with E-state index in [9.17, 15) is 0 Å². The first-order valence-electron chi connectivity index (χ1n) is 48.9. The van der Waals surface area contributed by atoms with Crippen LogP contribution in [0, 0.1) is 0 Å². The minimum atomic E-state index is -0.132. The van der Waals surface area contributed by atoms with Gasteiger partial charge < -0.3 is 0 Å². The summed E-state index contributed by atoms with van der Waals surface area (Å²) in [5, 5.41) is 0. The van der Waals surface area contributed by atoms with Crippen molar-refractivity contribution in [3.63, 3.8) is 0 Å². The van der Waals surface area contributed by atoms with Gasteiger partial charge in [0.2, 0.25) is 0 Å². The lowest BCUT2D eigenvalue weighted by Crippen LogP contribution is -2.11. The first-order chi connectivity index (χ1) is 70.2. The van der Waals surface area contributed by atoms with E-state index in [-0.39, 0.29) is 16.2 Å². The van der Waals surface area contributed by atoms with E-state index >= 15 is 0 Å². The predicted molar refractivity (Wildman–Crippen MR) is 590 cm³/mol. The fourth-order valence-electron chi connectivity index (χ4n) is 18.9. The molecule has 22 aromatic rings. The average Bonchev–Trinajstić information content (AvgIpc) is 0.754. The molecule has 12 nitrogen and oxygen atoms in total. The Morgan fingerprint density at radius 1 is 0.125 bits per heavy atom. The van der Waals surface area contributed by atoms with Gasteiger partial charge in [-0.05, 0) is 206 Å². The van der Waals surface area contributed by atoms with Crippen LogP contribution in [0.2, 0.25) is 0 Å². The van der Waals surface area contributed by atoms with Gasteiger partial charge in [0, 0.05) is 85.4 Å². The number of pyridine rings is 3. The van der Waals surface area contributed by atoms with Crippen LogP contribution >= 0.6 is 0 Å². The van der Waals surface area contributed by atoms with Crippen molar-refractivity contribution in [2.45, 2.75) is 78.6 Å². The van der Waals surface area contributed by atoms with Crippen LogP contribution in [0.1, 0.15) is 79.0 Å². The van der Waals surface area contributed by atoms with Crippen molar-refractivity contribution in [2.75, 3.05) is 0 Å². The lowest BCUT2D eigenvalue weighted by atomic mass is 9.83. The van der Waals surface area contributed by atoms with Gasteiger partial charge in [0.25, 0.3) is 0 Å². The summed E-state index contributed by atoms with van der Waals surface area (Å²) >= 11 is 0. The Balaban J connectivity index is 0.744. The minimum absolute atomic E-state index is 0.132. The van der Waals surface area contributed by atoms with E-state index in [1.807, 2.05) is 201 Å². The number of rotatable bonds is 21. The Kier molecular flexibility index (Phi) is 24.7. The molecule has 0 radical (unpaired) electrons. The lowest BCUT2D eigenvalue weighted by Gasteiger charge is -2.21. The summed E-state index contributed by atoms with van der Waals surface area (Å²) in [4.78, 5) is 61.7. The molecule has 0 aliphatic rings. The zero-order valence-corrected chi connectivity index (χ0v) is 81.7. The molecule has 6 aromatic heterocycles. The van der Waals surface area contributed by atoms with E-state index in [4.69, 9.17) is 59.8 Å². The fourth-order valence-corrected chi connectivity index (χ4v) is 18.9. The van der Waals surface area contributed by atoms with Gasteiger partial charge in [-0.3, -0.25) is 15.0 Å². The summed E-state index contributed by atoms with van der Waals surface area (Å²) in [5.41, 5.74) is 35.1. The van der Waals surface area contributed by atoms with Crippen LogP contribution in [0.4, 0.5) is 0 Å². The zero-order chi connectivity index (χ0) is 98.0. The summed E-state index contributed by atoms with van der Waals surface area (Å²) in [5.74, 6) is 5.27. The van der Waals surface area contributed by atoms with Crippen LogP contribution in [0.25, 0.3) is 236 Å². The van der Waals surface area contributed by atoms with Gasteiger partial charge in [0.05, 0.1) is 17.1 Å². The highest BCUT2D eigenvalue weighted by molar-refractivity contribution is 6.01. The first-order valence-corrected chi connectivity index (χ1v) is 48.9. The smallest absolute Gasteiger partial charge is 0.164 e. The Labute approximate surface area is 841 Å². The molecule has 0 N–H and O–H groups in total. The molecule has 0 saturated carbocycles. The second-order valence-corrected chi connectivity index (χ2v) is 39.6. The van der Waals surface area contributed by atoms with E-state index in [0.717, 1.165) is 184 Å². The highest BCUT2D eigenvalue weighted by atomic mass is 15.1. The highest BCUT2D eigenvalue weighted by Crippen LogP contribution is 2.50. The molecule has 0 fully saturated rings. The van der Waals surface area contributed by atoms with Crippen molar-refractivity contribution < 1.29 is 0 Å². The van der Waals surface area contributed by atoms with Gasteiger partial charge in [0.15, 0.2) is 52.4 Å². The van der Waals surface area contributed by atoms with Crippen LogP contribution in [0.5, 0.6) is 0 Å². The monoisotopic (exact) mass is 1850 g/mol. The SMILES string of the molecule is CC(C)(C)c1ccnc(-c2ccc(-c3ccccc3-c3cc(-c4ccccc4-c4ccc(-c5cc(C(C)(C)C)ccn5)cc4-c4ccc(-c5nc(-c6ccccc6)nc(-c6ccccc6)n5)cc4)cc(-c4ccccc4-c4ccc(-c5cc(C(C)(C)C)ccn5)cc4-c4ccc(-c5nc(-c6ccccc6)nc(-c6ccccc6)n5)cc4)c3)c(-c3ccc(-c4nc(-c5ccccc5)nc(-c5ccccc5)n4)cc3)c2)c1. The quantitative estimate of drug-likeness (QED) is 0.0672. The van der Waals surface area contributed by atoms with Gasteiger partial charge in [-0.15, -0.1) is 0 Å². The van der Waals surface area contributed by atoms with Gasteiger partial charge in [-0.1, -0.05) is 426 Å². The maximum Gasteiger partial charge on any atom is 0.164 e. The molecule has 144 heavy (non-hydrogen) atoms. The van der Waals surface area contributed by atoms with Gasteiger partial charge >= 0.3 is 0 Å². The van der Waals surface area contributed by atoms with Crippen molar-refractivity contribution >= 4 is 0 Å². The van der Waals surface area contributed by atoms with Gasteiger partial charge in [-0.25, -0.2) is 44.9 Å². The molecule has 6 heterocycles. The van der Waals surface area contributed by atoms with Crippen LogP contribution in [-0.4, -0.2) is 59.8 Å². The molecular formula is C132H102N12. The summed E-state index contributed by atoms with van der Waals surface area (Å²) in [6.45, 7) is 20.3. The molecule has 0 aliphatic heterocycles. The van der Waals surface area contributed by atoms with Crippen molar-refractivity contribution in [3.05, 3.63) is 472 Å². The topological polar surface area (TPSA) is 155 Å². The second kappa shape index (κ2) is 39.0. The van der Waals surface area contributed by atoms with Crippen LogP contribution in [0.3, 0.4) is 0 Å². The van der Waals surface area contributed by atoms with E-state index < -0.39 is 0 Å². The summed E-state index contributed by atoms with van der Waals surface area (Å²) in [7, 11) is 0. The van der Waals surface area contributed by atoms with Crippen LogP contribution in [-0.2, 0) is 16.2 Å². The maximum absolute atomic E-state index is 5.20. The van der Waals surface area contributed by atoms with E-state index in [2.05, 4.69) is 317 Å². The number of hydrogen-bond donors (Lipinski definition) is 0. The van der Waals surface area contributed by atoms with Gasteiger partial charge in [-0.2, -0.15) is 0 Å². The molecule has 12 heteroatoms. The third-order valence-corrected chi connectivity index (χ3v) is 26.8. The third-order valence-electron chi connectivity index (χ3n) is 26.8. The first kappa shape index (κ1) is 91.1. The molecular weight excluding hydrogens is 1750 g/mol. The molecule has 22 rings (SSSR count). The number of aromatic nitrogens is 12. The third kappa shape index (κ3) is 19.3. The molecule has 0 spiro atoms. The molecule has 0 atom stereocenters. The number of hydrogen-bond acceptors (Lipinski definition) is 12. The highest BCUT2D eigenvalue weighted by Gasteiger charge is 2.27. The van der Waals surface area contributed by atoms with Crippen molar-refractivity contribution in [2.24, 2.45) is 0 Å². The average molecular weight is 1860 g/mol. The zero-order valence-electron chi connectivity index (χ0n) is 81.7. The van der Waals surface area contributed by atoms with Crippen molar-refractivity contribution in [3.8, 4) is 236 Å². The van der Waals surface area contributed by atoms with Crippen molar-refractivity contribution in [1.82, 2.24) is 59.8 Å². The van der Waals surface area contributed by atoms with E-state index in [0.29, 0.717) is 52.4 Å². The Bertz CT molecular complexity index is 7520. The Morgan fingerprint density at radius 2 is 0.292 bits per heavy atom. The van der Waals surface area contributed by atoms with E-state index in [1.165, 1.54) is 16.7 Å². The lowest BCUT2D eigenvalue weighted by molar-refractivity contribution is 0.589. The van der Waals surface area contributed by atoms with E-state index in [1.54, 1.807) is 0 Å². The molecule has 16 aromatic carbocycles. The van der Waals surface area contributed by atoms with Crippen LogP contribution in [0.15, 0.2) is 455 Å². The van der Waals surface area contributed by atoms with Gasteiger partial charge in [0.1, 0.15) is 0 Å². The van der Waals surface area contributed by atoms with Crippen LogP contribution < -0.4 is 0 Å². The fraction of sp³-hybridized carbons (Fsp3) is 0.0909. The Hall–Kier alpha value is -18.0. The molecule has 0 bridgehead atoms. The second-order valence-electron chi connectivity index (χ2n) is 39.6. The number of benzene rings is 16. The number of nitrogens with zero attached hydrogens (tertiary/aromatic N) is 12. The molecule has 0 saturated heterocycles. The Morgan fingerprint density at radius 3 is 0.493 bits per heavy atom. The largest absolute Gasteiger partial charge is 0.256 e.